The predicted octanol–water partition coefficient (Wildman–Crippen LogP) is 0.698. The van der Waals surface area contributed by atoms with E-state index in [1.165, 1.54) is 6.33 Å². The SMILES string of the molecule is CN(Cc1cnn(C)c1)c1c([N+](=O)[O-])ncn1C. The zero-order valence-electron chi connectivity index (χ0n) is 10.4. The maximum Gasteiger partial charge on any atom is 0.406 e. The molecule has 2 aromatic rings. The molecule has 0 aliphatic carbocycles. The molecular formula is C10H14N6O2. The molecule has 0 N–H and O–H groups in total. The first-order valence-corrected chi connectivity index (χ1v) is 5.33. The van der Waals surface area contributed by atoms with Crippen molar-refractivity contribution < 1.29 is 4.92 Å². The van der Waals surface area contributed by atoms with E-state index in [0.717, 1.165) is 5.56 Å². The van der Waals surface area contributed by atoms with Gasteiger partial charge in [0, 0.05) is 39.4 Å². The van der Waals surface area contributed by atoms with Crippen LogP contribution in [0.15, 0.2) is 18.7 Å². The minimum absolute atomic E-state index is 0.135. The average Bonchev–Trinajstić information content (AvgIpc) is 2.85. The maximum atomic E-state index is 10.9. The number of nitrogens with zero attached hydrogens (tertiary/aromatic N) is 6. The Morgan fingerprint density at radius 2 is 2.22 bits per heavy atom. The van der Waals surface area contributed by atoms with E-state index in [1.54, 1.807) is 34.4 Å². The molecule has 0 aliphatic heterocycles. The highest BCUT2D eigenvalue weighted by molar-refractivity contribution is 5.54. The van der Waals surface area contributed by atoms with Gasteiger partial charge in [-0.2, -0.15) is 5.10 Å². The van der Waals surface area contributed by atoms with Crippen molar-refractivity contribution in [3.05, 3.63) is 34.4 Å². The van der Waals surface area contributed by atoms with E-state index in [4.69, 9.17) is 0 Å². The summed E-state index contributed by atoms with van der Waals surface area (Å²) in [6, 6.07) is 0. The lowest BCUT2D eigenvalue weighted by Crippen LogP contribution is -2.19. The molecule has 0 bridgehead atoms. The summed E-state index contributed by atoms with van der Waals surface area (Å²) in [5, 5.41) is 14.9. The van der Waals surface area contributed by atoms with Crippen molar-refractivity contribution in [3.63, 3.8) is 0 Å². The van der Waals surface area contributed by atoms with Crippen molar-refractivity contribution in [1.82, 2.24) is 19.3 Å². The molecule has 0 radical (unpaired) electrons. The fourth-order valence-electron chi connectivity index (χ4n) is 1.88. The Kier molecular flexibility index (Phi) is 3.00. The van der Waals surface area contributed by atoms with Crippen molar-refractivity contribution >= 4 is 11.6 Å². The predicted molar refractivity (Wildman–Crippen MR) is 65.2 cm³/mol. The van der Waals surface area contributed by atoms with Crippen molar-refractivity contribution in [2.75, 3.05) is 11.9 Å². The topological polar surface area (TPSA) is 82.0 Å². The van der Waals surface area contributed by atoms with Crippen LogP contribution in [0.2, 0.25) is 0 Å². The highest BCUT2D eigenvalue weighted by Gasteiger charge is 2.23. The third kappa shape index (κ3) is 2.17. The van der Waals surface area contributed by atoms with Crippen LogP contribution in [0.5, 0.6) is 0 Å². The van der Waals surface area contributed by atoms with Crippen LogP contribution in [0.25, 0.3) is 0 Å². The molecule has 96 valence electrons. The number of nitro groups is 1. The second kappa shape index (κ2) is 4.47. The Balaban J connectivity index is 2.25. The zero-order chi connectivity index (χ0) is 13.3. The van der Waals surface area contributed by atoms with Crippen LogP contribution < -0.4 is 4.90 Å². The van der Waals surface area contributed by atoms with Gasteiger partial charge in [-0.1, -0.05) is 0 Å². The quantitative estimate of drug-likeness (QED) is 0.589. The Morgan fingerprint density at radius 3 is 2.78 bits per heavy atom. The van der Waals surface area contributed by atoms with Crippen molar-refractivity contribution in [2.24, 2.45) is 14.1 Å². The first kappa shape index (κ1) is 12.1. The molecule has 0 spiro atoms. The lowest BCUT2D eigenvalue weighted by molar-refractivity contribution is -0.388. The lowest BCUT2D eigenvalue weighted by Gasteiger charge is -2.17. The molecule has 0 saturated carbocycles. The van der Waals surface area contributed by atoms with Crippen molar-refractivity contribution in [2.45, 2.75) is 6.54 Å². The Bertz CT molecular complexity index is 573. The summed E-state index contributed by atoms with van der Waals surface area (Å²) in [6.45, 7) is 0.536. The summed E-state index contributed by atoms with van der Waals surface area (Å²) in [6.07, 6.45) is 5.05. The Hall–Kier alpha value is -2.38. The molecule has 0 aliphatic rings. The van der Waals surface area contributed by atoms with Gasteiger partial charge in [0.2, 0.25) is 12.1 Å². The molecular weight excluding hydrogens is 236 g/mol. The Labute approximate surface area is 104 Å². The van der Waals surface area contributed by atoms with Crippen LogP contribution in [0.1, 0.15) is 5.56 Å². The summed E-state index contributed by atoms with van der Waals surface area (Å²) in [5.41, 5.74) is 0.982. The maximum absolute atomic E-state index is 10.9. The average molecular weight is 250 g/mol. The smallest absolute Gasteiger partial charge is 0.358 e. The van der Waals surface area contributed by atoms with E-state index in [2.05, 4.69) is 10.1 Å². The zero-order valence-corrected chi connectivity index (χ0v) is 10.4. The van der Waals surface area contributed by atoms with Gasteiger partial charge in [-0.3, -0.25) is 9.25 Å². The number of imidazole rings is 1. The molecule has 0 amide bonds. The van der Waals surface area contributed by atoms with Crippen LogP contribution >= 0.6 is 0 Å². The van der Waals surface area contributed by atoms with Crippen molar-refractivity contribution in [3.8, 4) is 0 Å². The van der Waals surface area contributed by atoms with Crippen LogP contribution in [0, 0.1) is 10.1 Å². The molecule has 0 fully saturated rings. The molecule has 2 heterocycles. The minimum atomic E-state index is -0.477. The second-order valence-electron chi connectivity index (χ2n) is 4.14. The second-order valence-corrected chi connectivity index (χ2v) is 4.14. The van der Waals surface area contributed by atoms with Crippen LogP contribution in [-0.4, -0.2) is 31.3 Å². The van der Waals surface area contributed by atoms with Gasteiger partial charge < -0.3 is 15.0 Å². The molecule has 0 saturated heterocycles. The number of aromatic nitrogens is 4. The van der Waals surface area contributed by atoms with Gasteiger partial charge in [-0.15, -0.1) is 0 Å². The lowest BCUT2D eigenvalue weighted by atomic mass is 10.3. The molecule has 0 unspecified atom stereocenters. The van der Waals surface area contributed by atoms with E-state index in [9.17, 15) is 10.1 Å². The van der Waals surface area contributed by atoms with Gasteiger partial charge in [0.1, 0.15) is 0 Å². The van der Waals surface area contributed by atoms with Gasteiger partial charge in [0.05, 0.1) is 6.20 Å². The van der Waals surface area contributed by atoms with Crippen LogP contribution in [0.3, 0.4) is 0 Å². The van der Waals surface area contributed by atoms with E-state index in [1.807, 2.05) is 13.2 Å². The summed E-state index contributed by atoms with van der Waals surface area (Å²) in [7, 11) is 5.35. The van der Waals surface area contributed by atoms with Gasteiger partial charge in [-0.05, 0) is 9.91 Å². The van der Waals surface area contributed by atoms with Gasteiger partial charge >= 0.3 is 5.82 Å². The fourth-order valence-corrected chi connectivity index (χ4v) is 1.88. The molecule has 8 heteroatoms. The fraction of sp³-hybridized carbons (Fsp3) is 0.400. The summed E-state index contributed by atoms with van der Waals surface area (Å²) < 4.78 is 3.33. The van der Waals surface area contributed by atoms with E-state index in [0.29, 0.717) is 12.4 Å². The molecule has 2 rings (SSSR count). The number of hydrogen-bond acceptors (Lipinski definition) is 5. The molecule has 18 heavy (non-hydrogen) atoms. The van der Waals surface area contributed by atoms with Gasteiger partial charge in [0.25, 0.3) is 0 Å². The summed E-state index contributed by atoms with van der Waals surface area (Å²) in [5.74, 6) is 0.341. The first-order valence-electron chi connectivity index (χ1n) is 5.33. The normalized spacial score (nSPS) is 10.6. The van der Waals surface area contributed by atoms with Crippen LogP contribution in [0.4, 0.5) is 11.6 Å². The molecule has 2 aromatic heterocycles. The number of hydrogen-bond donors (Lipinski definition) is 0. The van der Waals surface area contributed by atoms with E-state index >= 15 is 0 Å². The summed E-state index contributed by atoms with van der Waals surface area (Å²) in [4.78, 5) is 16.0. The third-order valence-corrected chi connectivity index (χ3v) is 2.60. The van der Waals surface area contributed by atoms with Crippen molar-refractivity contribution in [1.29, 1.82) is 0 Å². The Morgan fingerprint density at radius 1 is 1.50 bits per heavy atom. The molecule has 0 atom stereocenters. The van der Waals surface area contributed by atoms with E-state index < -0.39 is 4.92 Å². The number of anilines is 1. The van der Waals surface area contributed by atoms with Crippen LogP contribution in [-0.2, 0) is 20.6 Å². The largest absolute Gasteiger partial charge is 0.406 e. The minimum Gasteiger partial charge on any atom is -0.358 e. The number of aryl methyl sites for hydroxylation is 2. The first-order chi connectivity index (χ1) is 8.49. The third-order valence-electron chi connectivity index (χ3n) is 2.60. The standard InChI is InChI=1S/C10H14N6O2/c1-13(5-8-4-12-15(3)6-8)10-9(16(17)18)11-7-14(10)2/h4,6-7H,5H2,1-3H3. The van der Waals surface area contributed by atoms with Gasteiger partial charge in [0.15, 0.2) is 0 Å². The van der Waals surface area contributed by atoms with E-state index in [-0.39, 0.29) is 5.82 Å². The number of rotatable bonds is 4. The molecule has 8 nitrogen and oxygen atoms in total. The highest BCUT2D eigenvalue weighted by atomic mass is 16.6. The molecule has 0 aromatic carbocycles. The monoisotopic (exact) mass is 250 g/mol. The van der Waals surface area contributed by atoms with Gasteiger partial charge in [-0.25, -0.2) is 0 Å². The summed E-state index contributed by atoms with van der Waals surface area (Å²) >= 11 is 0. The highest BCUT2D eigenvalue weighted by Crippen LogP contribution is 2.25.